The van der Waals surface area contributed by atoms with Crippen molar-refractivity contribution >= 4 is 11.3 Å². The third kappa shape index (κ3) is 1.40. The Bertz CT molecular complexity index is 509. The van der Waals surface area contributed by atoms with Crippen molar-refractivity contribution in [2.75, 3.05) is 0 Å². The molecule has 0 atom stereocenters. The van der Waals surface area contributed by atoms with Crippen LogP contribution in [0.1, 0.15) is 10.7 Å². The number of hydrogen-bond donors (Lipinski definition) is 0. The Kier molecular flexibility index (Phi) is 2.06. The van der Waals surface area contributed by atoms with Crippen LogP contribution in [-0.4, -0.2) is 4.98 Å². The predicted molar refractivity (Wildman–Crippen MR) is 49.2 cm³/mol. The number of rotatable bonds is 1. The molecule has 0 radical (unpaired) electrons. The number of furan rings is 1. The van der Waals surface area contributed by atoms with Crippen LogP contribution in [0.3, 0.4) is 0 Å². The van der Waals surface area contributed by atoms with Crippen LogP contribution in [0.15, 0.2) is 16.5 Å². The first-order chi connectivity index (χ1) is 6.70. The molecule has 0 unspecified atom stereocenters. The maximum atomic E-state index is 12.6. The Morgan fingerprint density at radius 3 is 2.86 bits per heavy atom. The van der Waals surface area contributed by atoms with E-state index in [1.165, 1.54) is 23.5 Å². The van der Waals surface area contributed by atoms with Gasteiger partial charge in [0.15, 0.2) is 5.01 Å². The van der Waals surface area contributed by atoms with E-state index in [9.17, 15) is 4.39 Å². The molecule has 0 aliphatic heterocycles. The van der Waals surface area contributed by atoms with Gasteiger partial charge in [-0.05, 0) is 13.0 Å². The lowest BCUT2D eigenvalue weighted by atomic mass is 10.3. The number of nitrogens with zero attached hydrogens (tertiary/aromatic N) is 2. The average molecular weight is 208 g/mol. The van der Waals surface area contributed by atoms with E-state index >= 15 is 0 Å². The second-order valence-electron chi connectivity index (χ2n) is 2.65. The topological polar surface area (TPSA) is 49.8 Å². The summed E-state index contributed by atoms with van der Waals surface area (Å²) in [7, 11) is 0. The second-order valence-corrected chi connectivity index (χ2v) is 3.65. The van der Waals surface area contributed by atoms with Crippen LogP contribution in [-0.2, 0) is 0 Å². The highest BCUT2D eigenvalue weighted by atomic mass is 32.1. The van der Waals surface area contributed by atoms with Gasteiger partial charge in [-0.2, -0.15) is 9.65 Å². The summed E-state index contributed by atoms with van der Waals surface area (Å²) < 4.78 is 17.4. The van der Waals surface area contributed by atoms with Crippen molar-refractivity contribution in [1.82, 2.24) is 4.98 Å². The molecule has 2 heterocycles. The molecule has 2 aromatic rings. The van der Waals surface area contributed by atoms with Gasteiger partial charge in [0.25, 0.3) is 6.01 Å². The maximum Gasteiger partial charge on any atom is 0.278 e. The summed E-state index contributed by atoms with van der Waals surface area (Å²) in [6.45, 7) is 1.76. The van der Waals surface area contributed by atoms with Crippen LogP contribution < -0.4 is 0 Å². The van der Waals surface area contributed by atoms with E-state index in [0.717, 1.165) is 0 Å². The van der Waals surface area contributed by atoms with Crippen LogP contribution in [0.5, 0.6) is 0 Å². The molecule has 70 valence electrons. The van der Waals surface area contributed by atoms with Crippen molar-refractivity contribution in [3.63, 3.8) is 0 Å². The highest BCUT2D eigenvalue weighted by molar-refractivity contribution is 7.15. The van der Waals surface area contributed by atoms with Crippen molar-refractivity contribution in [3.8, 4) is 16.7 Å². The first-order valence-electron chi connectivity index (χ1n) is 3.84. The number of thiazole rings is 1. The van der Waals surface area contributed by atoms with Crippen LogP contribution in [0.4, 0.5) is 4.39 Å². The molecule has 14 heavy (non-hydrogen) atoms. The van der Waals surface area contributed by atoms with E-state index in [0.29, 0.717) is 21.3 Å². The molecule has 0 fully saturated rings. The average Bonchev–Trinajstić information content (AvgIpc) is 2.71. The summed E-state index contributed by atoms with van der Waals surface area (Å²) in [5, 5.41) is 8.98. The molecule has 0 aliphatic carbocycles. The quantitative estimate of drug-likeness (QED) is 0.723. The van der Waals surface area contributed by atoms with Crippen molar-refractivity contribution < 1.29 is 8.81 Å². The lowest BCUT2D eigenvalue weighted by molar-refractivity contribution is 0.367. The Balaban J connectivity index is 2.52. The van der Waals surface area contributed by atoms with E-state index in [2.05, 4.69) is 4.98 Å². The molecular weight excluding hydrogens is 203 g/mol. The van der Waals surface area contributed by atoms with Gasteiger partial charge < -0.3 is 4.42 Å². The smallest absolute Gasteiger partial charge is 0.278 e. The van der Waals surface area contributed by atoms with Crippen molar-refractivity contribution in [3.05, 3.63) is 28.8 Å². The molecule has 0 amide bonds. The fourth-order valence-corrected chi connectivity index (χ4v) is 1.93. The molecule has 0 bridgehead atoms. The lowest BCUT2D eigenvalue weighted by Gasteiger charge is -1.89. The SMILES string of the molecule is Cc1nc(C#N)sc1-c1ccc(F)o1. The van der Waals surface area contributed by atoms with Gasteiger partial charge in [0.05, 0.1) is 10.6 Å². The van der Waals surface area contributed by atoms with Gasteiger partial charge in [-0.1, -0.05) is 11.3 Å². The number of aromatic nitrogens is 1. The number of halogens is 1. The zero-order valence-corrected chi connectivity index (χ0v) is 8.06. The Morgan fingerprint density at radius 1 is 1.57 bits per heavy atom. The molecule has 0 saturated carbocycles. The Labute approximate surface area is 83.4 Å². The third-order valence-electron chi connectivity index (χ3n) is 1.69. The molecule has 0 spiro atoms. The molecular formula is C9H5FN2OS. The Morgan fingerprint density at radius 2 is 2.36 bits per heavy atom. The molecule has 0 aliphatic rings. The second kappa shape index (κ2) is 3.24. The van der Waals surface area contributed by atoms with E-state index < -0.39 is 6.01 Å². The first kappa shape index (κ1) is 8.91. The minimum atomic E-state index is -0.633. The normalized spacial score (nSPS) is 10.1. The maximum absolute atomic E-state index is 12.6. The fraction of sp³-hybridized carbons (Fsp3) is 0.111. The van der Waals surface area contributed by atoms with Crippen LogP contribution >= 0.6 is 11.3 Å². The molecule has 0 aromatic carbocycles. The highest BCUT2D eigenvalue weighted by Crippen LogP contribution is 2.30. The van der Waals surface area contributed by atoms with Gasteiger partial charge in [-0.25, -0.2) is 4.98 Å². The van der Waals surface area contributed by atoms with Gasteiger partial charge >= 0.3 is 0 Å². The molecule has 0 N–H and O–H groups in total. The van der Waals surface area contributed by atoms with Gasteiger partial charge in [0.1, 0.15) is 11.8 Å². The summed E-state index contributed by atoms with van der Waals surface area (Å²) in [4.78, 5) is 4.69. The highest BCUT2D eigenvalue weighted by Gasteiger charge is 2.12. The van der Waals surface area contributed by atoms with Crippen molar-refractivity contribution in [2.45, 2.75) is 6.92 Å². The summed E-state index contributed by atoms with van der Waals surface area (Å²) in [6.07, 6.45) is 0. The van der Waals surface area contributed by atoms with Crippen LogP contribution in [0.2, 0.25) is 0 Å². The summed E-state index contributed by atoms with van der Waals surface area (Å²) in [5.41, 5.74) is 0.681. The van der Waals surface area contributed by atoms with Crippen LogP contribution in [0.25, 0.3) is 10.6 Å². The number of aryl methyl sites for hydroxylation is 1. The van der Waals surface area contributed by atoms with Crippen molar-refractivity contribution in [1.29, 1.82) is 5.26 Å². The van der Waals surface area contributed by atoms with E-state index in [1.54, 1.807) is 6.92 Å². The van der Waals surface area contributed by atoms with Gasteiger partial charge in [-0.15, -0.1) is 0 Å². The number of hydrogen-bond acceptors (Lipinski definition) is 4. The molecule has 2 rings (SSSR count). The van der Waals surface area contributed by atoms with Gasteiger partial charge in [0.2, 0.25) is 0 Å². The van der Waals surface area contributed by atoms with Crippen molar-refractivity contribution in [2.24, 2.45) is 0 Å². The largest absolute Gasteiger partial charge is 0.430 e. The monoisotopic (exact) mass is 208 g/mol. The molecule has 0 saturated heterocycles. The number of nitriles is 1. The molecule has 2 aromatic heterocycles. The fourth-order valence-electron chi connectivity index (χ4n) is 1.11. The minimum Gasteiger partial charge on any atom is -0.430 e. The zero-order chi connectivity index (χ0) is 10.1. The Hall–Kier alpha value is -1.67. The summed E-state index contributed by atoms with van der Waals surface area (Å²) in [6, 6.07) is 4.07. The zero-order valence-electron chi connectivity index (χ0n) is 7.24. The van der Waals surface area contributed by atoms with E-state index in [1.807, 2.05) is 6.07 Å². The first-order valence-corrected chi connectivity index (χ1v) is 4.65. The summed E-state index contributed by atoms with van der Waals surface area (Å²) >= 11 is 1.19. The molecule has 5 heteroatoms. The van der Waals surface area contributed by atoms with Crippen LogP contribution in [0, 0.1) is 24.3 Å². The predicted octanol–water partition coefficient (Wildman–Crippen LogP) is 2.72. The minimum absolute atomic E-state index is 0.356. The van der Waals surface area contributed by atoms with E-state index in [-0.39, 0.29) is 0 Å². The standard InChI is InChI=1S/C9H5FN2OS/c1-5-9(14-8(4-11)12-5)6-2-3-7(10)13-6/h2-3H,1H3. The van der Waals surface area contributed by atoms with E-state index in [4.69, 9.17) is 9.68 Å². The summed E-state index contributed by atoms with van der Waals surface area (Å²) in [5.74, 6) is 0.416. The third-order valence-corrected chi connectivity index (χ3v) is 2.77. The van der Waals surface area contributed by atoms with Gasteiger partial charge in [0, 0.05) is 6.07 Å². The van der Waals surface area contributed by atoms with Gasteiger partial charge in [-0.3, -0.25) is 0 Å². The molecule has 3 nitrogen and oxygen atoms in total. The lowest BCUT2D eigenvalue weighted by Crippen LogP contribution is -1.74.